The highest BCUT2D eigenvalue weighted by Crippen LogP contribution is 2.38. The lowest BCUT2D eigenvalue weighted by molar-refractivity contribution is -0.113. The molecule has 0 atom stereocenters. The van der Waals surface area contributed by atoms with Crippen molar-refractivity contribution in [3.8, 4) is 11.1 Å². The molecule has 0 saturated heterocycles. The molecule has 1 aliphatic rings. The zero-order valence-electron chi connectivity index (χ0n) is 19.7. The molecule has 0 unspecified atom stereocenters. The average molecular weight is 539 g/mol. The maximum absolute atomic E-state index is 12.7. The van der Waals surface area contributed by atoms with Crippen LogP contribution in [0.15, 0.2) is 70.2 Å². The molecule has 1 amide bonds. The molecule has 7 nitrogen and oxygen atoms in total. The number of thioether (sulfide) groups is 1. The van der Waals surface area contributed by atoms with E-state index >= 15 is 0 Å². The molecule has 5 rings (SSSR count). The molecule has 1 fully saturated rings. The van der Waals surface area contributed by atoms with Crippen molar-refractivity contribution in [1.29, 1.82) is 0 Å². The van der Waals surface area contributed by atoms with Gasteiger partial charge in [0.15, 0.2) is 0 Å². The van der Waals surface area contributed by atoms with Crippen molar-refractivity contribution < 1.29 is 13.2 Å². The lowest BCUT2D eigenvalue weighted by Crippen LogP contribution is -2.32. The largest absolute Gasteiger partial charge is 0.325 e. The van der Waals surface area contributed by atoms with Crippen molar-refractivity contribution in [3.05, 3.63) is 65.8 Å². The van der Waals surface area contributed by atoms with Gasteiger partial charge in [-0.25, -0.2) is 23.1 Å². The highest BCUT2D eigenvalue weighted by molar-refractivity contribution is 8.00. The molecular weight excluding hydrogens is 513 g/mol. The third kappa shape index (κ3) is 5.62. The smallest absolute Gasteiger partial charge is 0.240 e. The molecule has 1 aliphatic carbocycles. The first-order valence-electron chi connectivity index (χ1n) is 11.7. The van der Waals surface area contributed by atoms with Crippen LogP contribution < -0.4 is 10.0 Å². The van der Waals surface area contributed by atoms with Crippen molar-refractivity contribution in [2.45, 2.75) is 48.6 Å². The average Bonchev–Trinajstić information content (AvgIpc) is 3.53. The van der Waals surface area contributed by atoms with E-state index in [1.54, 1.807) is 23.5 Å². The Kier molecular flexibility index (Phi) is 7.38. The van der Waals surface area contributed by atoms with Crippen LogP contribution in [0.5, 0.6) is 0 Å². The van der Waals surface area contributed by atoms with E-state index in [1.165, 1.54) is 35.8 Å². The SMILES string of the molecule is Cc1ccc(-c2csc3ncnc(SCC(=O)Nc4ccc(S(=O)(=O)NC5CCCC5)cc4)c23)cc1. The number of sulfonamides is 1. The molecule has 0 bridgehead atoms. The summed E-state index contributed by atoms with van der Waals surface area (Å²) in [4.78, 5) is 22.6. The predicted octanol–water partition coefficient (Wildman–Crippen LogP) is 5.62. The summed E-state index contributed by atoms with van der Waals surface area (Å²) in [5.74, 6) is -0.0305. The second kappa shape index (κ2) is 10.7. The Morgan fingerprint density at radius 3 is 2.50 bits per heavy atom. The van der Waals surface area contributed by atoms with Gasteiger partial charge in [0.05, 0.1) is 16.0 Å². The van der Waals surface area contributed by atoms with Crippen molar-refractivity contribution >= 4 is 54.9 Å². The summed E-state index contributed by atoms with van der Waals surface area (Å²) in [6, 6.07) is 14.6. The minimum atomic E-state index is -3.56. The van der Waals surface area contributed by atoms with Gasteiger partial charge in [-0.15, -0.1) is 11.3 Å². The minimum Gasteiger partial charge on any atom is -0.325 e. The monoisotopic (exact) mass is 538 g/mol. The number of hydrogen-bond donors (Lipinski definition) is 2. The molecule has 4 aromatic rings. The second-order valence-corrected chi connectivity index (χ2v) is 12.4. The molecule has 186 valence electrons. The number of aryl methyl sites for hydroxylation is 1. The van der Waals surface area contributed by atoms with Crippen LogP contribution in [0.3, 0.4) is 0 Å². The molecular formula is C26H26N4O3S3. The molecule has 1 saturated carbocycles. The molecule has 36 heavy (non-hydrogen) atoms. The summed E-state index contributed by atoms with van der Waals surface area (Å²) in [5, 5.41) is 6.63. The van der Waals surface area contributed by atoms with Crippen molar-refractivity contribution in [1.82, 2.24) is 14.7 Å². The first kappa shape index (κ1) is 24.9. The molecule has 2 heterocycles. The van der Waals surface area contributed by atoms with Crippen LogP contribution in [0.1, 0.15) is 31.2 Å². The van der Waals surface area contributed by atoms with Crippen LogP contribution >= 0.6 is 23.1 Å². The van der Waals surface area contributed by atoms with Gasteiger partial charge < -0.3 is 5.32 Å². The van der Waals surface area contributed by atoms with Crippen LogP contribution in [0.4, 0.5) is 5.69 Å². The zero-order valence-corrected chi connectivity index (χ0v) is 22.2. The van der Waals surface area contributed by atoms with Crippen molar-refractivity contribution in [3.63, 3.8) is 0 Å². The summed E-state index contributed by atoms with van der Waals surface area (Å²) < 4.78 is 28.0. The van der Waals surface area contributed by atoms with Gasteiger partial charge in [-0.1, -0.05) is 54.4 Å². The topological polar surface area (TPSA) is 101 Å². The summed E-state index contributed by atoms with van der Waals surface area (Å²) in [5.41, 5.74) is 3.88. The number of benzene rings is 2. The van der Waals surface area contributed by atoms with E-state index in [2.05, 4.69) is 56.6 Å². The Balaban J connectivity index is 1.24. The standard InChI is InChI=1S/C26H26N4O3S3/c1-17-6-8-18(9-7-17)22-14-34-25-24(22)26(28-16-27-25)35-15-23(31)29-19-10-12-21(13-11-19)36(32,33)30-20-4-2-3-5-20/h6-14,16,20,30H,2-5,15H2,1H3,(H,29,31). The Labute approximate surface area is 218 Å². The molecule has 2 N–H and O–H groups in total. The number of thiophene rings is 1. The number of nitrogens with one attached hydrogen (secondary N) is 2. The van der Waals surface area contributed by atoms with Gasteiger partial charge in [0.2, 0.25) is 15.9 Å². The fourth-order valence-electron chi connectivity index (χ4n) is 4.28. The second-order valence-electron chi connectivity index (χ2n) is 8.84. The summed E-state index contributed by atoms with van der Waals surface area (Å²) >= 11 is 2.91. The highest BCUT2D eigenvalue weighted by atomic mass is 32.2. The number of anilines is 1. The fraction of sp³-hybridized carbons (Fsp3) is 0.269. The van der Waals surface area contributed by atoms with E-state index < -0.39 is 10.0 Å². The predicted molar refractivity (Wildman–Crippen MR) is 146 cm³/mol. The third-order valence-electron chi connectivity index (χ3n) is 6.16. The summed E-state index contributed by atoms with van der Waals surface area (Å²) in [6.07, 6.45) is 5.38. The minimum absolute atomic E-state index is 0.00872. The maximum atomic E-state index is 12.7. The number of fused-ring (bicyclic) bond motifs is 1. The zero-order chi connectivity index (χ0) is 25.1. The van der Waals surface area contributed by atoms with Crippen LogP contribution in [-0.4, -0.2) is 36.1 Å². The number of rotatable bonds is 8. The molecule has 0 radical (unpaired) electrons. The molecule has 0 spiro atoms. The van der Waals surface area contributed by atoms with E-state index in [1.807, 2.05) is 0 Å². The Bertz CT molecular complexity index is 1480. The van der Waals surface area contributed by atoms with Gasteiger partial charge in [-0.3, -0.25) is 4.79 Å². The Morgan fingerprint density at radius 2 is 1.78 bits per heavy atom. The van der Waals surface area contributed by atoms with Gasteiger partial charge in [-0.2, -0.15) is 0 Å². The van der Waals surface area contributed by atoms with E-state index in [0.717, 1.165) is 52.1 Å². The van der Waals surface area contributed by atoms with Gasteiger partial charge >= 0.3 is 0 Å². The first-order valence-corrected chi connectivity index (χ1v) is 15.1. The summed E-state index contributed by atoms with van der Waals surface area (Å²) in [7, 11) is -3.56. The van der Waals surface area contributed by atoms with Gasteiger partial charge in [0.25, 0.3) is 0 Å². The number of amides is 1. The van der Waals surface area contributed by atoms with Crippen LogP contribution in [0.25, 0.3) is 21.3 Å². The van der Waals surface area contributed by atoms with E-state index in [9.17, 15) is 13.2 Å². The van der Waals surface area contributed by atoms with E-state index in [4.69, 9.17) is 0 Å². The van der Waals surface area contributed by atoms with Crippen molar-refractivity contribution in [2.75, 3.05) is 11.1 Å². The van der Waals surface area contributed by atoms with Gasteiger partial charge in [0.1, 0.15) is 16.2 Å². The molecule has 2 aromatic carbocycles. The lowest BCUT2D eigenvalue weighted by Gasteiger charge is -2.13. The van der Waals surface area contributed by atoms with E-state index in [0.29, 0.717) is 5.69 Å². The van der Waals surface area contributed by atoms with Gasteiger partial charge in [0, 0.05) is 22.7 Å². The van der Waals surface area contributed by atoms with E-state index in [-0.39, 0.29) is 22.6 Å². The number of hydrogen-bond acceptors (Lipinski definition) is 7. The maximum Gasteiger partial charge on any atom is 0.240 e. The normalized spacial score (nSPS) is 14.4. The molecule has 10 heteroatoms. The number of nitrogens with zero attached hydrogens (tertiary/aromatic N) is 2. The van der Waals surface area contributed by atoms with Crippen molar-refractivity contribution in [2.24, 2.45) is 0 Å². The highest BCUT2D eigenvalue weighted by Gasteiger charge is 2.23. The summed E-state index contributed by atoms with van der Waals surface area (Å²) in [6.45, 7) is 2.05. The van der Waals surface area contributed by atoms with Crippen LogP contribution in [0.2, 0.25) is 0 Å². The Hall–Kier alpha value is -2.79. The number of carbonyl (C=O) groups excluding carboxylic acids is 1. The Morgan fingerprint density at radius 1 is 1.06 bits per heavy atom. The van der Waals surface area contributed by atoms with Crippen LogP contribution in [0, 0.1) is 6.92 Å². The number of carbonyl (C=O) groups is 1. The molecule has 0 aliphatic heterocycles. The first-order chi connectivity index (χ1) is 17.4. The fourth-order valence-corrected chi connectivity index (χ4v) is 7.38. The number of aromatic nitrogens is 2. The third-order valence-corrected chi connectivity index (χ3v) is 9.58. The quantitative estimate of drug-likeness (QED) is 0.223. The van der Waals surface area contributed by atoms with Crippen LogP contribution in [-0.2, 0) is 14.8 Å². The lowest BCUT2D eigenvalue weighted by atomic mass is 10.1. The van der Waals surface area contributed by atoms with Gasteiger partial charge in [-0.05, 0) is 49.6 Å². The molecule has 2 aromatic heterocycles.